The summed E-state index contributed by atoms with van der Waals surface area (Å²) < 4.78 is 2.39. The Balaban J connectivity index is 1.70. The van der Waals surface area contributed by atoms with E-state index in [0.29, 0.717) is 38.0 Å². The quantitative estimate of drug-likeness (QED) is 0.253. The standard InChI is InChI=1S/C20H13BrCl2N6OS/c21-12-3-1-4-15(7-12)26-19(30)18-17(11-31-20-24-5-2-6-25-20)29(28-27-18)16-9-13(22)8-14(23)10-16/h1-10H,11H2,(H,26,30). The number of amides is 1. The second-order valence-corrected chi connectivity index (χ2v) is 8.94. The van der Waals surface area contributed by atoms with E-state index in [9.17, 15) is 4.79 Å². The van der Waals surface area contributed by atoms with Crippen molar-refractivity contribution in [2.75, 3.05) is 5.32 Å². The highest BCUT2D eigenvalue weighted by molar-refractivity contribution is 9.10. The Bertz CT molecular complexity index is 1220. The summed E-state index contributed by atoms with van der Waals surface area (Å²) in [5.41, 5.74) is 1.96. The number of halogens is 3. The third-order valence-electron chi connectivity index (χ3n) is 4.03. The highest BCUT2D eigenvalue weighted by Gasteiger charge is 2.22. The van der Waals surface area contributed by atoms with E-state index in [1.54, 1.807) is 53.5 Å². The molecule has 1 amide bonds. The number of benzene rings is 2. The highest BCUT2D eigenvalue weighted by atomic mass is 79.9. The van der Waals surface area contributed by atoms with Crippen molar-refractivity contribution in [2.24, 2.45) is 0 Å². The average molecular weight is 536 g/mol. The molecule has 0 unspecified atom stereocenters. The zero-order chi connectivity index (χ0) is 21.8. The van der Waals surface area contributed by atoms with Crippen LogP contribution < -0.4 is 5.32 Å². The van der Waals surface area contributed by atoms with Crippen LogP contribution in [0.5, 0.6) is 0 Å². The van der Waals surface area contributed by atoms with Gasteiger partial charge in [0.15, 0.2) is 10.9 Å². The van der Waals surface area contributed by atoms with Gasteiger partial charge in [-0.05, 0) is 42.5 Å². The summed E-state index contributed by atoms with van der Waals surface area (Å²) >= 11 is 17.1. The summed E-state index contributed by atoms with van der Waals surface area (Å²) in [6, 6.07) is 14.0. The summed E-state index contributed by atoms with van der Waals surface area (Å²) in [6.45, 7) is 0. The molecule has 2 aromatic heterocycles. The molecule has 1 N–H and O–H groups in total. The van der Waals surface area contributed by atoms with Gasteiger partial charge in [-0.1, -0.05) is 62.2 Å². The molecule has 0 atom stereocenters. The first-order valence-corrected chi connectivity index (χ1v) is 11.4. The molecule has 4 aromatic rings. The molecule has 2 aromatic carbocycles. The number of thioether (sulfide) groups is 1. The van der Waals surface area contributed by atoms with Crippen LogP contribution in [0, 0.1) is 0 Å². The Morgan fingerprint density at radius 1 is 1.06 bits per heavy atom. The molecule has 4 rings (SSSR count). The number of hydrogen-bond acceptors (Lipinski definition) is 6. The number of anilines is 1. The van der Waals surface area contributed by atoms with Crippen LogP contribution in [0.15, 0.2) is 70.6 Å². The maximum absolute atomic E-state index is 13.0. The number of aromatic nitrogens is 5. The Morgan fingerprint density at radius 3 is 2.52 bits per heavy atom. The van der Waals surface area contributed by atoms with Crippen molar-refractivity contribution in [3.05, 3.63) is 86.8 Å². The predicted molar refractivity (Wildman–Crippen MR) is 125 cm³/mol. The van der Waals surface area contributed by atoms with E-state index in [1.807, 2.05) is 12.1 Å². The number of nitrogens with zero attached hydrogens (tertiary/aromatic N) is 5. The maximum Gasteiger partial charge on any atom is 0.278 e. The maximum atomic E-state index is 13.0. The fraction of sp³-hybridized carbons (Fsp3) is 0.0500. The Hall–Kier alpha value is -2.46. The average Bonchev–Trinajstić information content (AvgIpc) is 3.16. The number of nitrogens with one attached hydrogen (secondary N) is 1. The summed E-state index contributed by atoms with van der Waals surface area (Å²) in [5, 5.41) is 12.6. The van der Waals surface area contributed by atoms with Crippen LogP contribution >= 0.6 is 50.9 Å². The largest absolute Gasteiger partial charge is 0.320 e. The van der Waals surface area contributed by atoms with Crippen molar-refractivity contribution in [1.29, 1.82) is 0 Å². The van der Waals surface area contributed by atoms with Crippen molar-refractivity contribution >= 4 is 62.5 Å². The predicted octanol–water partition coefficient (Wildman–Crippen LogP) is 5.67. The van der Waals surface area contributed by atoms with Crippen LogP contribution in [-0.4, -0.2) is 30.9 Å². The first-order chi connectivity index (χ1) is 15.0. The van der Waals surface area contributed by atoms with Crippen LogP contribution in [0.3, 0.4) is 0 Å². The second-order valence-electron chi connectivity index (χ2n) is 6.21. The summed E-state index contributed by atoms with van der Waals surface area (Å²) in [4.78, 5) is 21.4. The molecular formula is C20H13BrCl2N6OS. The van der Waals surface area contributed by atoms with E-state index in [0.717, 1.165) is 4.47 Å². The summed E-state index contributed by atoms with van der Waals surface area (Å²) in [5.74, 6) is -0.0374. The molecule has 7 nitrogen and oxygen atoms in total. The van der Waals surface area contributed by atoms with Crippen LogP contribution in [0.4, 0.5) is 5.69 Å². The molecule has 0 bridgehead atoms. The van der Waals surface area contributed by atoms with Gasteiger partial charge in [0.05, 0.1) is 11.4 Å². The fourth-order valence-corrected chi connectivity index (χ4v) is 4.44. The minimum atomic E-state index is -0.387. The molecule has 0 radical (unpaired) electrons. The molecule has 0 aliphatic rings. The summed E-state index contributed by atoms with van der Waals surface area (Å²) in [7, 11) is 0. The van der Waals surface area contributed by atoms with Crippen molar-refractivity contribution < 1.29 is 4.79 Å². The molecule has 0 saturated carbocycles. The van der Waals surface area contributed by atoms with Crippen LogP contribution in [0.1, 0.15) is 16.2 Å². The van der Waals surface area contributed by atoms with Gasteiger partial charge in [-0.2, -0.15) is 0 Å². The van der Waals surface area contributed by atoms with Crippen LogP contribution in [0.25, 0.3) is 5.69 Å². The summed E-state index contributed by atoms with van der Waals surface area (Å²) in [6.07, 6.45) is 3.31. The molecule has 2 heterocycles. The van der Waals surface area contributed by atoms with Crippen molar-refractivity contribution in [1.82, 2.24) is 25.0 Å². The lowest BCUT2D eigenvalue weighted by atomic mass is 10.2. The van der Waals surface area contributed by atoms with Gasteiger partial charge in [0.25, 0.3) is 5.91 Å². The molecular weight excluding hydrogens is 523 g/mol. The van der Waals surface area contributed by atoms with E-state index in [2.05, 4.69) is 41.5 Å². The normalized spacial score (nSPS) is 10.8. The van der Waals surface area contributed by atoms with E-state index < -0.39 is 0 Å². The lowest BCUT2D eigenvalue weighted by Crippen LogP contribution is -2.15. The zero-order valence-corrected chi connectivity index (χ0v) is 19.6. The van der Waals surface area contributed by atoms with Gasteiger partial charge in [0, 0.05) is 38.4 Å². The molecule has 11 heteroatoms. The minimum absolute atomic E-state index is 0.180. The number of carbonyl (C=O) groups excluding carboxylic acids is 1. The zero-order valence-electron chi connectivity index (χ0n) is 15.7. The number of rotatable bonds is 6. The number of hydrogen-bond donors (Lipinski definition) is 1. The molecule has 0 aliphatic carbocycles. The van der Waals surface area contributed by atoms with Gasteiger partial charge in [0.2, 0.25) is 0 Å². The lowest BCUT2D eigenvalue weighted by molar-refractivity contribution is 0.102. The first kappa shape index (κ1) is 21.8. The van der Waals surface area contributed by atoms with E-state index in [-0.39, 0.29) is 11.6 Å². The van der Waals surface area contributed by atoms with E-state index in [4.69, 9.17) is 23.2 Å². The molecule has 0 saturated heterocycles. The van der Waals surface area contributed by atoms with Crippen LogP contribution in [0.2, 0.25) is 10.0 Å². The third-order valence-corrected chi connectivity index (χ3v) is 5.85. The monoisotopic (exact) mass is 534 g/mol. The highest BCUT2D eigenvalue weighted by Crippen LogP contribution is 2.27. The molecule has 156 valence electrons. The molecule has 31 heavy (non-hydrogen) atoms. The first-order valence-electron chi connectivity index (χ1n) is 8.87. The van der Waals surface area contributed by atoms with Gasteiger partial charge < -0.3 is 5.32 Å². The second kappa shape index (κ2) is 9.78. The minimum Gasteiger partial charge on any atom is -0.320 e. The smallest absolute Gasteiger partial charge is 0.278 e. The van der Waals surface area contributed by atoms with Crippen molar-refractivity contribution in [3.63, 3.8) is 0 Å². The molecule has 0 fully saturated rings. The van der Waals surface area contributed by atoms with Gasteiger partial charge in [-0.15, -0.1) is 5.10 Å². The van der Waals surface area contributed by atoms with Crippen LogP contribution in [-0.2, 0) is 5.75 Å². The third kappa shape index (κ3) is 5.43. The van der Waals surface area contributed by atoms with Gasteiger partial charge in [0.1, 0.15) is 0 Å². The van der Waals surface area contributed by atoms with Gasteiger partial charge in [-0.25, -0.2) is 14.6 Å². The van der Waals surface area contributed by atoms with E-state index >= 15 is 0 Å². The fourth-order valence-electron chi connectivity index (χ4n) is 2.73. The van der Waals surface area contributed by atoms with Gasteiger partial charge >= 0.3 is 0 Å². The van der Waals surface area contributed by atoms with Crippen molar-refractivity contribution in [2.45, 2.75) is 10.9 Å². The van der Waals surface area contributed by atoms with Crippen molar-refractivity contribution in [3.8, 4) is 5.69 Å². The molecule has 0 spiro atoms. The van der Waals surface area contributed by atoms with Gasteiger partial charge in [-0.3, -0.25) is 4.79 Å². The Kier molecular flexibility index (Phi) is 6.86. The molecule has 0 aliphatic heterocycles. The Labute approximate surface area is 200 Å². The lowest BCUT2D eigenvalue weighted by Gasteiger charge is -2.09. The number of carbonyl (C=O) groups is 1. The topological polar surface area (TPSA) is 85.6 Å². The SMILES string of the molecule is O=C(Nc1cccc(Br)c1)c1nnn(-c2cc(Cl)cc(Cl)c2)c1CSc1ncccn1. The van der Waals surface area contributed by atoms with E-state index in [1.165, 1.54) is 11.8 Å². The Morgan fingerprint density at radius 2 is 1.81 bits per heavy atom.